The molecule has 0 aliphatic heterocycles. The number of aryl methyl sites for hydroxylation is 1. The van der Waals surface area contributed by atoms with Crippen molar-refractivity contribution in [2.24, 2.45) is 0 Å². The summed E-state index contributed by atoms with van der Waals surface area (Å²) in [5.74, 6) is -0.224. The minimum Gasteiger partial charge on any atom is -0.466 e. The molecule has 0 aliphatic carbocycles. The third-order valence-electron chi connectivity index (χ3n) is 2.56. The largest absolute Gasteiger partial charge is 0.466 e. The van der Waals surface area contributed by atoms with Crippen molar-refractivity contribution in [3.8, 4) is 11.3 Å². The van der Waals surface area contributed by atoms with Crippen LogP contribution in [0.1, 0.15) is 16.8 Å². The van der Waals surface area contributed by atoms with Crippen LogP contribution in [0.3, 0.4) is 0 Å². The molecule has 1 aromatic carbocycles. The minimum absolute atomic E-state index is 0.224. The van der Waals surface area contributed by atoms with Crippen molar-refractivity contribution in [1.29, 1.82) is 0 Å². The van der Waals surface area contributed by atoms with Crippen molar-refractivity contribution in [3.05, 3.63) is 38.6 Å². The quantitative estimate of drug-likeness (QED) is 0.790. The molecule has 0 atom stereocenters. The number of thiazole rings is 1. The highest BCUT2D eigenvalue weighted by Gasteiger charge is 2.13. The summed E-state index contributed by atoms with van der Waals surface area (Å²) in [4.78, 5) is 17.1. The maximum absolute atomic E-state index is 11.5. The van der Waals surface area contributed by atoms with Gasteiger partial charge < -0.3 is 4.74 Å². The van der Waals surface area contributed by atoms with Crippen molar-refractivity contribution >= 4 is 33.2 Å². The van der Waals surface area contributed by atoms with E-state index in [4.69, 9.17) is 4.74 Å². The van der Waals surface area contributed by atoms with E-state index in [1.165, 1.54) is 0 Å². The van der Waals surface area contributed by atoms with Crippen LogP contribution >= 0.6 is 27.3 Å². The molecule has 2 aromatic rings. The van der Waals surface area contributed by atoms with Crippen LogP contribution in [-0.4, -0.2) is 17.6 Å². The number of rotatable bonds is 4. The van der Waals surface area contributed by atoms with Gasteiger partial charge >= 0.3 is 5.97 Å². The maximum atomic E-state index is 11.5. The van der Waals surface area contributed by atoms with E-state index in [1.54, 1.807) is 18.3 Å². The van der Waals surface area contributed by atoms with Gasteiger partial charge in [-0.2, -0.15) is 0 Å². The molecule has 0 saturated heterocycles. The highest BCUT2D eigenvalue weighted by atomic mass is 79.9. The predicted octanol–water partition coefficient (Wildman–Crippen LogP) is 3.99. The Hall–Kier alpha value is -1.20. The van der Waals surface area contributed by atoms with Gasteiger partial charge in [-0.15, -0.1) is 11.3 Å². The van der Waals surface area contributed by atoms with Crippen LogP contribution in [0.5, 0.6) is 0 Å². The summed E-state index contributed by atoms with van der Waals surface area (Å²) in [6, 6.07) is 8.00. The zero-order valence-corrected chi connectivity index (χ0v) is 13.2. The Morgan fingerprint density at radius 1 is 1.37 bits per heavy atom. The number of ether oxygens (including phenoxy) is 1. The third-order valence-corrected chi connectivity index (χ3v) is 4.06. The van der Waals surface area contributed by atoms with E-state index < -0.39 is 0 Å². The maximum Gasteiger partial charge on any atom is 0.312 e. The van der Waals surface area contributed by atoms with Gasteiger partial charge in [-0.1, -0.05) is 28.1 Å². The Morgan fingerprint density at radius 2 is 2.05 bits per heavy atom. The first kappa shape index (κ1) is 14.2. The average molecular weight is 340 g/mol. The molecule has 1 aromatic heterocycles. The van der Waals surface area contributed by atoms with Crippen LogP contribution in [0.2, 0.25) is 0 Å². The Bertz CT molecular complexity index is 578. The topological polar surface area (TPSA) is 39.2 Å². The van der Waals surface area contributed by atoms with Gasteiger partial charge in [-0.05, 0) is 26.0 Å². The highest BCUT2D eigenvalue weighted by Crippen LogP contribution is 2.28. The summed E-state index contributed by atoms with van der Waals surface area (Å²) in [6.07, 6.45) is 0.246. The first-order chi connectivity index (χ1) is 9.10. The molecular weight excluding hydrogens is 326 g/mol. The molecule has 0 bridgehead atoms. The summed E-state index contributed by atoms with van der Waals surface area (Å²) in [6.45, 7) is 4.23. The number of esters is 1. The fourth-order valence-electron chi connectivity index (χ4n) is 1.74. The Balaban J connectivity index is 2.21. The molecule has 0 saturated carbocycles. The van der Waals surface area contributed by atoms with E-state index in [0.29, 0.717) is 6.61 Å². The van der Waals surface area contributed by atoms with Crippen LogP contribution in [0.25, 0.3) is 11.3 Å². The lowest BCUT2D eigenvalue weighted by molar-refractivity contribution is -0.142. The first-order valence-electron chi connectivity index (χ1n) is 5.98. The van der Waals surface area contributed by atoms with Crippen LogP contribution in [0.4, 0.5) is 0 Å². The highest BCUT2D eigenvalue weighted by molar-refractivity contribution is 9.10. The summed E-state index contributed by atoms with van der Waals surface area (Å²) < 4.78 is 5.98. The Labute approximate surface area is 124 Å². The smallest absolute Gasteiger partial charge is 0.312 e. The van der Waals surface area contributed by atoms with Gasteiger partial charge in [0, 0.05) is 14.9 Å². The molecule has 3 nitrogen and oxygen atoms in total. The lowest BCUT2D eigenvalue weighted by atomic mass is 10.1. The summed E-state index contributed by atoms with van der Waals surface area (Å²) in [5.41, 5.74) is 2.00. The zero-order valence-electron chi connectivity index (χ0n) is 10.8. The number of halogens is 1. The first-order valence-corrected chi connectivity index (χ1v) is 7.59. The molecule has 5 heteroatoms. The third kappa shape index (κ3) is 3.64. The van der Waals surface area contributed by atoms with Gasteiger partial charge in [0.2, 0.25) is 0 Å². The van der Waals surface area contributed by atoms with Crippen LogP contribution in [0, 0.1) is 6.92 Å². The second-order valence-corrected chi connectivity index (χ2v) is 6.20. The molecule has 0 unspecified atom stereocenters. The fourth-order valence-corrected chi connectivity index (χ4v) is 2.94. The number of aromatic nitrogens is 1. The van der Waals surface area contributed by atoms with E-state index in [2.05, 4.69) is 20.9 Å². The summed E-state index contributed by atoms with van der Waals surface area (Å²) >= 11 is 4.96. The predicted molar refractivity (Wildman–Crippen MR) is 80.3 cm³/mol. The Morgan fingerprint density at radius 3 is 2.68 bits per heavy atom. The van der Waals surface area contributed by atoms with Gasteiger partial charge in [0.1, 0.15) is 5.01 Å². The normalized spacial score (nSPS) is 10.5. The van der Waals surface area contributed by atoms with Crippen molar-refractivity contribution in [3.63, 3.8) is 0 Å². The number of benzene rings is 1. The average Bonchev–Trinajstić information content (AvgIpc) is 2.71. The van der Waals surface area contributed by atoms with Crippen molar-refractivity contribution < 1.29 is 9.53 Å². The van der Waals surface area contributed by atoms with E-state index in [-0.39, 0.29) is 12.4 Å². The molecule has 0 spiro atoms. The SMILES string of the molecule is CCOC(=O)Cc1nc(-c2ccc(Br)cc2)c(C)s1. The molecule has 0 radical (unpaired) electrons. The molecule has 100 valence electrons. The van der Waals surface area contributed by atoms with E-state index >= 15 is 0 Å². The summed E-state index contributed by atoms with van der Waals surface area (Å²) in [7, 11) is 0. The van der Waals surface area contributed by atoms with Gasteiger partial charge in [0.05, 0.1) is 18.7 Å². The van der Waals surface area contributed by atoms with Crippen LogP contribution in [-0.2, 0) is 16.0 Å². The fraction of sp³-hybridized carbons (Fsp3) is 0.286. The molecule has 0 aliphatic rings. The molecular formula is C14H14BrNO2S. The van der Waals surface area contributed by atoms with E-state index in [0.717, 1.165) is 25.6 Å². The number of nitrogens with zero attached hydrogens (tertiary/aromatic N) is 1. The second-order valence-electron chi connectivity index (χ2n) is 4.00. The zero-order chi connectivity index (χ0) is 13.8. The molecule has 0 N–H and O–H groups in total. The van der Waals surface area contributed by atoms with Gasteiger partial charge in [0.15, 0.2) is 0 Å². The monoisotopic (exact) mass is 339 g/mol. The number of hydrogen-bond donors (Lipinski definition) is 0. The van der Waals surface area contributed by atoms with Gasteiger partial charge in [-0.25, -0.2) is 4.98 Å². The number of carbonyl (C=O) groups excluding carboxylic acids is 1. The van der Waals surface area contributed by atoms with E-state index in [1.807, 2.05) is 31.2 Å². The lowest BCUT2D eigenvalue weighted by Gasteiger charge is -1.99. The van der Waals surface area contributed by atoms with Crippen LogP contribution < -0.4 is 0 Å². The van der Waals surface area contributed by atoms with Crippen LogP contribution in [0.15, 0.2) is 28.7 Å². The molecule has 0 fully saturated rings. The molecule has 2 rings (SSSR count). The molecule has 0 amide bonds. The Kier molecular flexibility index (Phi) is 4.71. The number of hydrogen-bond acceptors (Lipinski definition) is 4. The number of carbonyl (C=O) groups is 1. The minimum atomic E-state index is -0.224. The van der Waals surface area contributed by atoms with Crippen molar-refractivity contribution in [2.75, 3.05) is 6.61 Å². The van der Waals surface area contributed by atoms with Gasteiger partial charge in [-0.3, -0.25) is 4.79 Å². The van der Waals surface area contributed by atoms with Crippen molar-refractivity contribution in [1.82, 2.24) is 4.98 Å². The standard InChI is InChI=1S/C14H14BrNO2S/c1-3-18-13(17)8-12-16-14(9(2)19-12)10-4-6-11(15)7-5-10/h4-7H,3,8H2,1-2H3. The van der Waals surface area contributed by atoms with E-state index in [9.17, 15) is 4.79 Å². The van der Waals surface area contributed by atoms with Gasteiger partial charge in [0.25, 0.3) is 0 Å². The lowest BCUT2D eigenvalue weighted by Crippen LogP contribution is -2.07. The second kappa shape index (κ2) is 6.30. The van der Waals surface area contributed by atoms with Crippen molar-refractivity contribution in [2.45, 2.75) is 20.3 Å². The summed E-state index contributed by atoms with van der Waals surface area (Å²) in [5, 5.41) is 0.800. The molecule has 1 heterocycles. The molecule has 19 heavy (non-hydrogen) atoms.